The molecule has 0 saturated heterocycles. The minimum Gasteiger partial charge on any atom is -0.352 e. The fourth-order valence-corrected chi connectivity index (χ4v) is 2.95. The number of unbranched alkanes of at least 4 members (excludes halogenated alkanes) is 6. The minimum atomic E-state index is -0.295. The Morgan fingerprint density at radius 2 is 1.24 bits per heavy atom. The molecular weight excluding hydrogens is 386 g/mol. The number of rotatable bonds is 14. The molecule has 0 aromatic heterocycles. The first-order valence-electron chi connectivity index (χ1n) is 10.6. The predicted molar refractivity (Wildman–Crippen MR) is 122 cm³/mol. The smallest absolute Gasteiger partial charge is 0.251 e. The van der Waals surface area contributed by atoms with Gasteiger partial charge in [-0.3, -0.25) is 14.4 Å². The van der Waals surface area contributed by atoms with Gasteiger partial charge in [0.1, 0.15) is 0 Å². The summed E-state index contributed by atoms with van der Waals surface area (Å²) in [6.45, 7) is 5.45. The van der Waals surface area contributed by atoms with Crippen LogP contribution in [-0.4, -0.2) is 36.6 Å². The fourth-order valence-electron chi connectivity index (χ4n) is 2.87. The molecule has 0 aliphatic rings. The molecule has 1 rings (SSSR count). The van der Waals surface area contributed by atoms with Crippen LogP contribution in [0.3, 0.4) is 0 Å². The van der Waals surface area contributed by atoms with E-state index >= 15 is 0 Å². The standard InChI is InChI=1S/C22H35N3O3S/c1-3-5-7-9-11-23-21(27)17-13-18(15-19(14-17)25-20(26)16-29)22(28)24-12-10-8-6-4-2/h13-15,29H,3-12,16H2,1-2H3,(H,23,27)(H,24,28)(H,25,26). The zero-order valence-electron chi connectivity index (χ0n) is 17.7. The normalized spacial score (nSPS) is 10.4. The van der Waals surface area contributed by atoms with Crippen molar-refractivity contribution in [2.45, 2.75) is 65.2 Å². The molecule has 7 heteroatoms. The maximum atomic E-state index is 12.5. The quantitative estimate of drug-likeness (QED) is 0.268. The van der Waals surface area contributed by atoms with Gasteiger partial charge in [0, 0.05) is 29.9 Å². The third kappa shape index (κ3) is 10.4. The molecular formula is C22H35N3O3S. The number of amides is 3. The lowest BCUT2D eigenvalue weighted by Crippen LogP contribution is -2.27. The Morgan fingerprint density at radius 3 is 1.66 bits per heavy atom. The molecule has 1 aromatic carbocycles. The molecule has 0 unspecified atom stereocenters. The van der Waals surface area contributed by atoms with Gasteiger partial charge in [0.2, 0.25) is 5.91 Å². The van der Waals surface area contributed by atoms with E-state index in [9.17, 15) is 14.4 Å². The Bertz CT molecular complexity index is 620. The maximum absolute atomic E-state index is 12.5. The van der Waals surface area contributed by atoms with Crippen LogP contribution in [0.2, 0.25) is 0 Å². The molecule has 6 nitrogen and oxygen atoms in total. The van der Waals surface area contributed by atoms with Crippen LogP contribution in [-0.2, 0) is 4.79 Å². The Hall–Kier alpha value is -2.02. The van der Waals surface area contributed by atoms with Crippen LogP contribution in [0.25, 0.3) is 0 Å². The molecule has 3 amide bonds. The van der Waals surface area contributed by atoms with Crippen molar-refractivity contribution >= 4 is 36.0 Å². The SMILES string of the molecule is CCCCCCNC(=O)c1cc(NC(=O)CS)cc(C(=O)NCCCCCC)c1. The second-order valence-electron chi connectivity index (χ2n) is 7.14. The molecule has 1 aromatic rings. The molecule has 0 spiro atoms. The van der Waals surface area contributed by atoms with Crippen molar-refractivity contribution in [3.05, 3.63) is 29.3 Å². The monoisotopic (exact) mass is 421 g/mol. The van der Waals surface area contributed by atoms with Crippen molar-refractivity contribution in [1.29, 1.82) is 0 Å². The summed E-state index contributed by atoms with van der Waals surface area (Å²) in [5.74, 6) is -0.774. The van der Waals surface area contributed by atoms with Gasteiger partial charge >= 0.3 is 0 Å². The summed E-state index contributed by atoms with van der Waals surface area (Å²) in [6.07, 6.45) is 8.53. The van der Waals surface area contributed by atoms with Crippen LogP contribution in [0.15, 0.2) is 18.2 Å². The Balaban J connectivity index is 2.81. The zero-order valence-corrected chi connectivity index (χ0v) is 18.6. The molecule has 3 N–H and O–H groups in total. The van der Waals surface area contributed by atoms with Gasteiger partial charge in [-0.05, 0) is 31.0 Å². The zero-order chi connectivity index (χ0) is 21.5. The Labute approximate surface area is 180 Å². The van der Waals surface area contributed by atoms with Gasteiger partial charge in [-0.15, -0.1) is 0 Å². The van der Waals surface area contributed by atoms with Crippen LogP contribution in [0.5, 0.6) is 0 Å². The van der Waals surface area contributed by atoms with E-state index < -0.39 is 0 Å². The highest BCUT2D eigenvalue weighted by molar-refractivity contribution is 7.81. The first kappa shape index (κ1) is 25.0. The van der Waals surface area contributed by atoms with Crippen LogP contribution in [0.4, 0.5) is 5.69 Å². The summed E-state index contributed by atoms with van der Waals surface area (Å²) in [4.78, 5) is 36.7. The van der Waals surface area contributed by atoms with Crippen LogP contribution in [0.1, 0.15) is 85.9 Å². The molecule has 0 atom stereocenters. The minimum absolute atomic E-state index is 0.0206. The predicted octanol–water partition coefficient (Wildman–Crippen LogP) is 4.18. The lowest BCUT2D eigenvalue weighted by molar-refractivity contribution is -0.113. The summed E-state index contributed by atoms with van der Waals surface area (Å²) in [6, 6.07) is 4.74. The van der Waals surface area contributed by atoms with Crippen molar-refractivity contribution in [2.75, 3.05) is 24.2 Å². The average Bonchev–Trinajstić information content (AvgIpc) is 2.72. The summed E-state index contributed by atoms with van der Waals surface area (Å²) < 4.78 is 0. The van der Waals surface area contributed by atoms with Crippen molar-refractivity contribution < 1.29 is 14.4 Å². The van der Waals surface area contributed by atoms with Gasteiger partial charge in [0.25, 0.3) is 11.8 Å². The number of hydrogen-bond acceptors (Lipinski definition) is 4. The number of carbonyl (C=O) groups excluding carboxylic acids is 3. The van der Waals surface area contributed by atoms with Gasteiger partial charge < -0.3 is 16.0 Å². The molecule has 0 heterocycles. The van der Waals surface area contributed by atoms with Crippen molar-refractivity contribution in [3.63, 3.8) is 0 Å². The molecule has 0 fully saturated rings. The molecule has 0 bridgehead atoms. The Morgan fingerprint density at radius 1 is 0.759 bits per heavy atom. The highest BCUT2D eigenvalue weighted by Crippen LogP contribution is 2.16. The van der Waals surface area contributed by atoms with Crippen LogP contribution < -0.4 is 16.0 Å². The highest BCUT2D eigenvalue weighted by atomic mass is 32.1. The van der Waals surface area contributed by atoms with Gasteiger partial charge in [-0.2, -0.15) is 12.6 Å². The highest BCUT2D eigenvalue weighted by Gasteiger charge is 2.14. The number of nitrogens with one attached hydrogen (secondary N) is 3. The van der Waals surface area contributed by atoms with Crippen molar-refractivity contribution in [1.82, 2.24) is 10.6 Å². The van der Waals surface area contributed by atoms with Crippen LogP contribution in [0, 0.1) is 0 Å². The van der Waals surface area contributed by atoms with E-state index in [1.807, 2.05) is 0 Å². The van der Waals surface area contributed by atoms with Gasteiger partial charge in [0.15, 0.2) is 0 Å². The number of benzene rings is 1. The third-order valence-electron chi connectivity index (χ3n) is 4.52. The van der Waals surface area contributed by atoms with Gasteiger partial charge in [0.05, 0.1) is 5.75 Å². The largest absolute Gasteiger partial charge is 0.352 e. The average molecular weight is 422 g/mol. The lowest BCUT2D eigenvalue weighted by Gasteiger charge is -2.12. The second kappa shape index (κ2) is 14.9. The summed E-state index contributed by atoms with van der Waals surface area (Å²) in [5.41, 5.74) is 1.13. The lowest BCUT2D eigenvalue weighted by atomic mass is 10.1. The first-order valence-corrected chi connectivity index (χ1v) is 11.3. The maximum Gasteiger partial charge on any atom is 0.251 e. The molecule has 162 valence electrons. The van der Waals surface area contributed by atoms with E-state index in [1.54, 1.807) is 18.2 Å². The summed E-state index contributed by atoms with van der Waals surface area (Å²) in [7, 11) is 0. The van der Waals surface area contributed by atoms with Gasteiger partial charge in [-0.1, -0.05) is 52.4 Å². The molecule has 0 aliphatic carbocycles. The molecule has 0 aliphatic heterocycles. The number of anilines is 1. The molecule has 0 radical (unpaired) electrons. The van der Waals surface area contributed by atoms with E-state index in [4.69, 9.17) is 0 Å². The van der Waals surface area contributed by atoms with Gasteiger partial charge in [-0.25, -0.2) is 0 Å². The van der Waals surface area contributed by atoms with E-state index in [0.29, 0.717) is 29.9 Å². The van der Waals surface area contributed by atoms with Crippen LogP contribution >= 0.6 is 12.6 Å². The van der Waals surface area contributed by atoms with E-state index in [-0.39, 0.29) is 23.5 Å². The summed E-state index contributed by atoms with van der Waals surface area (Å²) in [5, 5.41) is 8.45. The van der Waals surface area contributed by atoms with Crippen molar-refractivity contribution in [3.8, 4) is 0 Å². The van der Waals surface area contributed by atoms with E-state index in [2.05, 4.69) is 42.4 Å². The second-order valence-corrected chi connectivity index (χ2v) is 7.45. The Kier molecular flexibility index (Phi) is 12.9. The first-order chi connectivity index (χ1) is 14.0. The fraction of sp³-hybridized carbons (Fsp3) is 0.591. The number of carbonyl (C=O) groups is 3. The molecule has 0 saturated carbocycles. The topological polar surface area (TPSA) is 87.3 Å². The number of thiol groups is 1. The third-order valence-corrected chi connectivity index (χ3v) is 4.80. The van der Waals surface area contributed by atoms with Crippen molar-refractivity contribution in [2.24, 2.45) is 0 Å². The summed E-state index contributed by atoms with van der Waals surface area (Å²) >= 11 is 3.96. The number of hydrogen-bond donors (Lipinski definition) is 4. The van der Waals surface area contributed by atoms with E-state index in [0.717, 1.165) is 51.4 Å². The molecule has 29 heavy (non-hydrogen) atoms. The van der Waals surface area contributed by atoms with E-state index in [1.165, 1.54) is 0 Å².